The van der Waals surface area contributed by atoms with Gasteiger partial charge in [0.15, 0.2) is 0 Å². The molecule has 3 aliphatic rings. The second kappa shape index (κ2) is 3.76. The highest BCUT2D eigenvalue weighted by atomic mass is 15.0. The molecule has 3 rings (SSSR count). The van der Waals surface area contributed by atoms with Crippen molar-refractivity contribution in [3.63, 3.8) is 0 Å². The quantitative estimate of drug-likeness (QED) is 0.734. The maximum atomic E-state index is 5.78. The smallest absolute Gasteiger partial charge is 0.0145 e. The summed E-state index contributed by atoms with van der Waals surface area (Å²) in [7, 11) is 0. The molecule has 2 atom stereocenters. The van der Waals surface area contributed by atoms with E-state index >= 15 is 0 Å². The Morgan fingerprint density at radius 3 is 2.73 bits per heavy atom. The molecule has 0 spiro atoms. The zero-order valence-corrected chi connectivity index (χ0v) is 9.15. The lowest BCUT2D eigenvalue weighted by Gasteiger charge is -2.33. The van der Waals surface area contributed by atoms with Crippen molar-refractivity contribution in [3.8, 4) is 0 Å². The third-order valence-electron chi connectivity index (χ3n) is 3.87. The normalized spacial score (nSPS) is 43.4. The van der Waals surface area contributed by atoms with Crippen molar-refractivity contribution >= 4 is 0 Å². The van der Waals surface area contributed by atoms with Crippen molar-refractivity contribution in [2.75, 3.05) is 0 Å². The Morgan fingerprint density at radius 1 is 1.20 bits per heavy atom. The van der Waals surface area contributed by atoms with Crippen LogP contribution < -0.4 is 11.1 Å². The molecule has 0 bridgehead atoms. The number of nitrogens with one attached hydrogen (secondary N) is 1. The molecule has 15 heavy (non-hydrogen) atoms. The van der Waals surface area contributed by atoms with Crippen LogP contribution >= 0.6 is 0 Å². The van der Waals surface area contributed by atoms with E-state index in [0.29, 0.717) is 12.1 Å². The summed E-state index contributed by atoms with van der Waals surface area (Å²) in [6.07, 6.45) is 13.2. The largest absolute Gasteiger partial charge is 0.328 e. The topological polar surface area (TPSA) is 38.0 Å². The second-order valence-corrected chi connectivity index (χ2v) is 5.23. The molecular formula is C13H20N2. The van der Waals surface area contributed by atoms with Gasteiger partial charge in [0.25, 0.3) is 0 Å². The Bertz CT molecular complexity index is 300. The van der Waals surface area contributed by atoms with E-state index in [0.717, 1.165) is 12.0 Å². The zero-order valence-electron chi connectivity index (χ0n) is 9.15. The van der Waals surface area contributed by atoms with Gasteiger partial charge in [0.05, 0.1) is 0 Å². The Labute approximate surface area is 91.6 Å². The van der Waals surface area contributed by atoms with Crippen LogP contribution in [-0.4, -0.2) is 18.1 Å². The van der Waals surface area contributed by atoms with Gasteiger partial charge in [-0.15, -0.1) is 0 Å². The van der Waals surface area contributed by atoms with Crippen molar-refractivity contribution in [2.45, 2.75) is 50.2 Å². The number of rotatable bonds is 3. The van der Waals surface area contributed by atoms with Gasteiger partial charge in [0.1, 0.15) is 0 Å². The monoisotopic (exact) mass is 204 g/mol. The van der Waals surface area contributed by atoms with Crippen LogP contribution in [0.2, 0.25) is 0 Å². The van der Waals surface area contributed by atoms with Crippen LogP contribution in [0.3, 0.4) is 0 Å². The molecule has 0 radical (unpaired) electrons. The first-order chi connectivity index (χ1) is 7.33. The summed E-state index contributed by atoms with van der Waals surface area (Å²) < 4.78 is 0. The Morgan fingerprint density at radius 2 is 2.07 bits per heavy atom. The summed E-state index contributed by atoms with van der Waals surface area (Å²) in [5.41, 5.74) is 7.35. The van der Waals surface area contributed by atoms with Crippen LogP contribution in [0, 0.1) is 5.92 Å². The number of nitrogens with two attached hydrogens (primary N) is 1. The summed E-state index contributed by atoms with van der Waals surface area (Å²) in [4.78, 5) is 0. The molecule has 0 aliphatic heterocycles. The molecule has 3 aliphatic carbocycles. The van der Waals surface area contributed by atoms with Crippen molar-refractivity contribution < 1.29 is 0 Å². The van der Waals surface area contributed by atoms with Gasteiger partial charge < -0.3 is 11.1 Å². The van der Waals surface area contributed by atoms with E-state index in [1.165, 1.54) is 32.1 Å². The summed E-state index contributed by atoms with van der Waals surface area (Å²) >= 11 is 0. The zero-order chi connectivity index (χ0) is 10.3. The molecule has 0 amide bonds. The average molecular weight is 204 g/mol. The minimum absolute atomic E-state index is 0.466. The first-order valence-electron chi connectivity index (χ1n) is 6.21. The van der Waals surface area contributed by atoms with Crippen molar-refractivity contribution in [1.29, 1.82) is 0 Å². The number of hydrogen-bond acceptors (Lipinski definition) is 2. The van der Waals surface area contributed by atoms with Gasteiger partial charge in [0.2, 0.25) is 0 Å². The molecule has 2 saturated carbocycles. The number of allylic oxidation sites excluding steroid dienone is 3. The van der Waals surface area contributed by atoms with E-state index in [-0.39, 0.29) is 0 Å². The lowest BCUT2D eigenvalue weighted by Crippen LogP contribution is -2.49. The third-order valence-corrected chi connectivity index (χ3v) is 3.87. The van der Waals surface area contributed by atoms with Crippen LogP contribution in [0.15, 0.2) is 23.8 Å². The number of hydrogen-bond donors (Lipinski definition) is 2. The molecule has 2 nitrogen and oxygen atoms in total. The van der Waals surface area contributed by atoms with Crippen molar-refractivity contribution in [1.82, 2.24) is 5.32 Å². The molecule has 0 unspecified atom stereocenters. The Kier molecular flexibility index (Phi) is 2.41. The molecule has 0 aromatic carbocycles. The molecule has 0 aromatic rings. The van der Waals surface area contributed by atoms with Crippen molar-refractivity contribution in [2.24, 2.45) is 11.7 Å². The van der Waals surface area contributed by atoms with Gasteiger partial charge in [-0.2, -0.15) is 0 Å². The second-order valence-electron chi connectivity index (χ2n) is 5.23. The van der Waals surface area contributed by atoms with Crippen LogP contribution in [0.4, 0.5) is 0 Å². The van der Waals surface area contributed by atoms with Gasteiger partial charge in [-0.1, -0.05) is 18.2 Å². The fourth-order valence-electron chi connectivity index (χ4n) is 2.76. The van der Waals surface area contributed by atoms with E-state index < -0.39 is 0 Å². The molecule has 0 saturated heterocycles. The van der Waals surface area contributed by atoms with Crippen LogP contribution in [0.5, 0.6) is 0 Å². The predicted molar refractivity (Wildman–Crippen MR) is 62.5 cm³/mol. The minimum atomic E-state index is 0.466. The maximum Gasteiger partial charge on any atom is 0.0145 e. The van der Waals surface area contributed by atoms with Gasteiger partial charge in [-0.3, -0.25) is 0 Å². The fourth-order valence-corrected chi connectivity index (χ4v) is 2.76. The first kappa shape index (κ1) is 9.61. The van der Waals surface area contributed by atoms with Gasteiger partial charge in [0, 0.05) is 24.0 Å². The minimum Gasteiger partial charge on any atom is -0.328 e. The van der Waals surface area contributed by atoms with E-state index in [9.17, 15) is 0 Å². The fraction of sp³-hybridized carbons (Fsp3) is 0.692. The maximum absolute atomic E-state index is 5.78. The third kappa shape index (κ3) is 2.01. The van der Waals surface area contributed by atoms with Gasteiger partial charge >= 0.3 is 0 Å². The summed E-state index contributed by atoms with van der Waals surface area (Å²) in [5, 5.41) is 3.71. The van der Waals surface area contributed by atoms with E-state index in [1.54, 1.807) is 5.57 Å². The molecule has 82 valence electrons. The summed E-state index contributed by atoms with van der Waals surface area (Å²) in [6, 6.07) is 1.92. The summed E-state index contributed by atoms with van der Waals surface area (Å²) in [6.45, 7) is 0. The lowest BCUT2D eigenvalue weighted by molar-refractivity contribution is 0.288. The molecular weight excluding hydrogens is 184 g/mol. The van der Waals surface area contributed by atoms with E-state index in [4.69, 9.17) is 5.73 Å². The lowest BCUT2D eigenvalue weighted by atomic mass is 9.87. The first-order valence-corrected chi connectivity index (χ1v) is 6.21. The molecule has 3 N–H and O–H groups in total. The van der Waals surface area contributed by atoms with Gasteiger partial charge in [-0.25, -0.2) is 0 Å². The Balaban J connectivity index is 1.47. The van der Waals surface area contributed by atoms with Crippen molar-refractivity contribution in [3.05, 3.63) is 23.8 Å². The molecule has 2 heteroatoms. The highest BCUT2D eigenvalue weighted by Crippen LogP contribution is 2.40. The molecule has 0 heterocycles. The van der Waals surface area contributed by atoms with E-state index in [2.05, 4.69) is 23.5 Å². The Hall–Kier alpha value is -0.600. The highest BCUT2D eigenvalue weighted by Gasteiger charge is 2.41. The predicted octanol–water partition coefficient (Wildman–Crippen LogP) is 1.73. The highest BCUT2D eigenvalue weighted by molar-refractivity contribution is 5.31. The van der Waals surface area contributed by atoms with Crippen LogP contribution in [0.1, 0.15) is 32.1 Å². The van der Waals surface area contributed by atoms with Crippen LogP contribution in [-0.2, 0) is 0 Å². The summed E-state index contributed by atoms with van der Waals surface area (Å²) in [5.74, 6) is 0.804. The average Bonchev–Trinajstić information content (AvgIpc) is 2.96. The van der Waals surface area contributed by atoms with E-state index in [1.807, 2.05) is 0 Å². The molecule has 0 aromatic heterocycles. The molecule has 2 fully saturated rings. The van der Waals surface area contributed by atoms with Gasteiger partial charge in [-0.05, 0) is 37.7 Å². The SMILES string of the molecule is NC1CC(N[C@H]2C[C@@H]2C2=CCCC=C2)C1. The van der Waals surface area contributed by atoms with Crippen LogP contribution in [0.25, 0.3) is 0 Å². The standard InChI is InChI=1S/C13H20N2/c14-10-6-11(7-10)15-13-8-12(13)9-4-2-1-3-5-9/h2,4-5,10-13,15H,1,3,6-8,14H2/t10?,11?,12-,13+/m1/s1.